The van der Waals surface area contributed by atoms with Crippen LogP contribution in [0.2, 0.25) is 0 Å². The first kappa shape index (κ1) is 19.5. The van der Waals surface area contributed by atoms with Crippen LogP contribution >= 0.6 is 11.3 Å². The van der Waals surface area contributed by atoms with Crippen molar-refractivity contribution >= 4 is 33.9 Å². The molecule has 0 saturated heterocycles. The Balaban J connectivity index is 1.43. The van der Waals surface area contributed by atoms with Gasteiger partial charge in [-0.2, -0.15) is 5.10 Å². The Bertz CT molecular complexity index is 1300. The van der Waals surface area contributed by atoms with Crippen molar-refractivity contribution in [2.45, 2.75) is 6.42 Å². The van der Waals surface area contributed by atoms with E-state index in [4.69, 9.17) is 0 Å². The fourth-order valence-electron chi connectivity index (χ4n) is 2.96. The van der Waals surface area contributed by atoms with Gasteiger partial charge in [-0.25, -0.2) is 9.67 Å². The lowest BCUT2D eigenvalue weighted by Crippen LogP contribution is -2.43. The molecule has 0 aliphatic rings. The maximum absolute atomic E-state index is 12.6. The van der Waals surface area contributed by atoms with Crippen molar-refractivity contribution in [2.24, 2.45) is 7.05 Å². The monoisotopic (exact) mass is 419 g/mol. The summed E-state index contributed by atoms with van der Waals surface area (Å²) in [6.07, 6.45) is 0.0189. The highest BCUT2D eigenvalue weighted by molar-refractivity contribution is 7.13. The minimum Gasteiger partial charge on any atom is -0.273 e. The molecule has 2 aromatic heterocycles. The van der Waals surface area contributed by atoms with Crippen LogP contribution in [0.1, 0.15) is 16.2 Å². The molecule has 2 amide bonds. The van der Waals surface area contributed by atoms with Crippen LogP contribution in [0.5, 0.6) is 0 Å². The van der Waals surface area contributed by atoms with E-state index in [1.54, 1.807) is 24.3 Å². The first-order valence-electron chi connectivity index (χ1n) is 9.08. The number of benzene rings is 2. The zero-order valence-corrected chi connectivity index (χ0v) is 16.8. The summed E-state index contributed by atoms with van der Waals surface area (Å²) in [5, 5.41) is 7.46. The van der Waals surface area contributed by atoms with Crippen LogP contribution in [0, 0.1) is 0 Å². The van der Waals surface area contributed by atoms with Gasteiger partial charge in [-0.15, -0.1) is 11.3 Å². The van der Waals surface area contributed by atoms with E-state index in [1.165, 1.54) is 18.4 Å². The Morgan fingerprint density at radius 1 is 1.00 bits per heavy atom. The van der Waals surface area contributed by atoms with Gasteiger partial charge in [0.05, 0.1) is 17.5 Å². The molecule has 0 bridgehead atoms. The van der Waals surface area contributed by atoms with Crippen molar-refractivity contribution in [3.63, 3.8) is 0 Å². The Labute approximate surface area is 175 Å². The number of aryl methyl sites for hydroxylation is 1. The fourth-order valence-corrected chi connectivity index (χ4v) is 3.79. The van der Waals surface area contributed by atoms with Crippen LogP contribution in [0.3, 0.4) is 0 Å². The molecule has 4 aromatic rings. The van der Waals surface area contributed by atoms with Gasteiger partial charge in [-0.1, -0.05) is 48.5 Å². The van der Waals surface area contributed by atoms with E-state index in [-0.39, 0.29) is 17.7 Å². The average molecular weight is 419 g/mol. The predicted octanol–water partition coefficient (Wildman–Crippen LogP) is 2.06. The van der Waals surface area contributed by atoms with Crippen LogP contribution in [-0.2, 0) is 18.3 Å². The van der Waals surface area contributed by atoms with Gasteiger partial charge >= 0.3 is 0 Å². The topological polar surface area (TPSA) is 106 Å². The highest BCUT2D eigenvalue weighted by atomic mass is 32.1. The average Bonchev–Trinajstić information content (AvgIpc) is 3.23. The number of fused-ring (bicyclic) bond motifs is 1. The van der Waals surface area contributed by atoms with Crippen molar-refractivity contribution in [3.8, 4) is 10.6 Å². The lowest BCUT2D eigenvalue weighted by Gasteiger charge is -2.09. The van der Waals surface area contributed by atoms with Crippen LogP contribution in [0.25, 0.3) is 21.3 Å². The minimum atomic E-state index is -0.613. The van der Waals surface area contributed by atoms with E-state index in [0.717, 1.165) is 15.3 Å². The number of rotatable bonds is 4. The molecule has 0 aliphatic carbocycles. The summed E-state index contributed by atoms with van der Waals surface area (Å²) in [6, 6.07) is 16.4. The van der Waals surface area contributed by atoms with E-state index in [9.17, 15) is 14.4 Å². The molecule has 0 unspecified atom stereocenters. The summed E-state index contributed by atoms with van der Waals surface area (Å²) in [4.78, 5) is 41.4. The second-order valence-corrected chi connectivity index (χ2v) is 7.37. The molecule has 150 valence electrons. The number of carbonyl (C=O) groups excluding carboxylic acids is 2. The third kappa shape index (κ3) is 3.96. The summed E-state index contributed by atoms with van der Waals surface area (Å²) in [7, 11) is 1.47. The summed E-state index contributed by atoms with van der Waals surface area (Å²) < 4.78 is 1.10. The number of aromatic nitrogens is 3. The Morgan fingerprint density at radius 3 is 2.47 bits per heavy atom. The Hall–Kier alpha value is -3.85. The molecule has 2 aromatic carbocycles. The quantitative estimate of drug-likeness (QED) is 0.493. The SMILES string of the molecule is Cn1nc(C(=O)NNC(=O)Cc2csc(-c3ccccc3)n2)c2ccccc2c1=O. The first-order chi connectivity index (χ1) is 14.5. The number of nitrogens with zero attached hydrogens (tertiary/aromatic N) is 3. The zero-order chi connectivity index (χ0) is 21.1. The lowest BCUT2D eigenvalue weighted by molar-refractivity contribution is -0.121. The Morgan fingerprint density at radius 2 is 1.70 bits per heavy atom. The maximum Gasteiger partial charge on any atom is 0.290 e. The van der Waals surface area contributed by atoms with Crippen LogP contribution in [0.15, 0.2) is 64.8 Å². The second kappa shape index (κ2) is 8.26. The molecule has 0 atom stereocenters. The molecule has 4 rings (SSSR count). The first-order valence-corrected chi connectivity index (χ1v) is 9.96. The molecule has 0 spiro atoms. The molecule has 9 heteroatoms. The van der Waals surface area contributed by atoms with E-state index in [0.29, 0.717) is 16.5 Å². The molecule has 0 aliphatic heterocycles. The second-order valence-electron chi connectivity index (χ2n) is 6.51. The smallest absolute Gasteiger partial charge is 0.273 e. The minimum absolute atomic E-state index is 0.0189. The zero-order valence-electron chi connectivity index (χ0n) is 16.0. The number of amides is 2. The number of thiazole rings is 1. The van der Waals surface area contributed by atoms with Crippen LogP contribution in [0.4, 0.5) is 0 Å². The summed E-state index contributed by atoms with van der Waals surface area (Å²) in [5.74, 6) is -1.03. The lowest BCUT2D eigenvalue weighted by atomic mass is 10.1. The number of hydrogen-bond donors (Lipinski definition) is 2. The van der Waals surface area contributed by atoms with Crippen molar-refractivity contribution < 1.29 is 9.59 Å². The van der Waals surface area contributed by atoms with Gasteiger partial charge in [0.2, 0.25) is 5.91 Å². The van der Waals surface area contributed by atoms with Crippen molar-refractivity contribution in [1.29, 1.82) is 0 Å². The molecule has 30 heavy (non-hydrogen) atoms. The normalized spacial score (nSPS) is 10.7. The van der Waals surface area contributed by atoms with E-state index < -0.39 is 11.8 Å². The summed E-state index contributed by atoms with van der Waals surface area (Å²) >= 11 is 1.45. The van der Waals surface area contributed by atoms with Gasteiger partial charge < -0.3 is 0 Å². The molecular formula is C21H17N5O3S. The third-order valence-electron chi connectivity index (χ3n) is 4.40. The predicted molar refractivity (Wildman–Crippen MR) is 114 cm³/mol. The van der Waals surface area contributed by atoms with E-state index in [1.807, 2.05) is 35.7 Å². The summed E-state index contributed by atoms with van der Waals surface area (Å²) in [5.41, 5.74) is 6.07. The van der Waals surface area contributed by atoms with E-state index in [2.05, 4.69) is 20.9 Å². The largest absolute Gasteiger partial charge is 0.290 e. The van der Waals surface area contributed by atoms with Crippen molar-refractivity contribution in [2.75, 3.05) is 0 Å². The molecule has 0 saturated carbocycles. The number of nitrogens with one attached hydrogen (secondary N) is 2. The van der Waals surface area contributed by atoms with Gasteiger partial charge in [0.25, 0.3) is 11.5 Å². The molecule has 2 heterocycles. The summed E-state index contributed by atoms with van der Waals surface area (Å²) in [6.45, 7) is 0. The fraction of sp³-hybridized carbons (Fsp3) is 0.0952. The van der Waals surface area contributed by atoms with Crippen LogP contribution in [-0.4, -0.2) is 26.6 Å². The van der Waals surface area contributed by atoms with Gasteiger partial charge in [0, 0.05) is 23.4 Å². The standard InChI is InChI=1S/C21H17N5O3S/c1-26-21(29)16-10-6-5-9-15(16)18(25-26)19(28)24-23-17(27)11-14-12-30-20(22-14)13-7-3-2-4-8-13/h2-10,12H,11H2,1H3,(H,23,27)(H,24,28). The van der Waals surface area contributed by atoms with Crippen molar-refractivity contribution in [3.05, 3.63) is 81.7 Å². The highest BCUT2D eigenvalue weighted by Gasteiger charge is 2.16. The highest BCUT2D eigenvalue weighted by Crippen LogP contribution is 2.23. The van der Waals surface area contributed by atoms with Gasteiger partial charge in [0.15, 0.2) is 5.69 Å². The van der Waals surface area contributed by atoms with Crippen LogP contribution < -0.4 is 16.4 Å². The van der Waals surface area contributed by atoms with Gasteiger partial charge in [0.1, 0.15) is 5.01 Å². The Kier molecular flexibility index (Phi) is 5.36. The molecule has 8 nitrogen and oxygen atoms in total. The van der Waals surface area contributed by atoms with Gasteiger partial charge in [-0.05, 0) is 6.07 Å². The third-order valence-corrected chi connectivity index (χ3v) is 5.34. The molecule has 0 fully saturated rings. The van der Waals surface area contributed by atoms with Gasteiger partial charge in [-0.3, -0.25) is 25.2 Å². The molecule has 0 radical (unpaired) electrons. The van der Waals surface area contributed by atoms with E-state index >= 15 is 0 Å². The number of hydrazine groups is 1. The number of hydrogen-bond acceptors (Lipinski definition) is 6. The molecule has 2 N–H and O–H groups in total. The molecular weight excluding hydrogens is 402 g/mol. The van der Waals surface area contributed by atoms with Crippen molar-refractivity contribution in [1.82, 2.24) is 25.6 Å². The number of carbonyl (C=O) groups is 2. The maximum atomic E-state index is 12.6.